The van der Waals surface area contributed by atoms with Gasteiger partial charge in [0.15, 0.2) is 0 Å². The number of carbonyl (C=O) groups excluding carboxylic acids is 1. The van der Waals surface area contributed by atoms with Crippen molar-refractivity contribution in [3.8, 4) is 5.75 Å². The van der Waals surface area contributed by atoms with E-state index in [1.165, 1.54) is 0 Å². The van der Waals surface area contributed by atoms with Crippen molar-refractivity contribution in [3.63, 3.8) is 0 Å². The highest BCUT2D eigenvalue weighted by molar-refractivity contribution is 7.85. The van der Waals surface area contributed by atoms with Crippen molar-refractivity contribution < 1.29 is 27.2 Å². The molecule has 1 fully saturated rings. The SMILES string of the molecule is CC(C)C1(Oc2ccc(C(=O)OCCS(=O)(=O)O)cc2)CCCC1. The molecule has 0 atom stereocenters. The zero-order valence-electron chi connectivity index (χ0n) is 14.0. The molecule has 0 radical (unpaired) electrons. The van der Waals surface area contributed by atoms with Gasteiger partial charge < -0.3 is 9.47 Å². The molecule has 0 amide bonds. The standard InChI is InChI=1S/C17H24O6S/c1-13(2)17(9-3-4-10-17)23-15-7-5-14(6-8-15)16(18)22-11-12-24(19,20)21/h5-8,13H,3-4,9-12H2,1-2H3,(H,19,20,21). The molecule has 134 valence electrons. The zero-order chi connectivity index (χ0) is 17.8. The van der Waals surface area contributed by atoms with E-state index in [1.807, 2.05) is 0 Å². The molecule has 1 saturated carbocycles. The lowest BCUT2D eigenvalue weighted by Crippen LogP contribution is -2.38. The van der Waals surface area contributed by atoms with Gasteiger partial charge in [0.2, 0.25) is 0 Å². The van der Waals surface area contributed by atoms with Gasteiger partial charge in [-0.1, -0.05) is 13.8 Å². The van der Waals surface area contributed by atoms with Gasteiger partial charge in [0.1, 0.15) is 23.7 Å². The van der Waals surface area contributed by atoms with Gasteiger partial charge in [-0.05, 0) is 55.9 Å². The smallest absolute Gasteiger partial charge is 0.338 e. The van der Waals surface area contributed by atoms with Crippen molar-refractivity contribution in [3.05, 3.63) is 29.8 Å². The minimum absolute atomic E-state index is 0.141. The average Bonchev–Trinajstić information content (AvgIpc) is 2.96. The third-order valence-electron chi connectivity index (χ3n) is 4.49. The highest BCUT2D eigenvalue weighted by Crippen LogP contribution is 2.39. The molecular weight excluding hydrogens is 332 g/mol. The fraction of sp³-hybridized carbons (Fsp3) is 0.588. The summed E-state index contributed by atoms with van der Waals surface area (Å²) in [4.78, 5) is 11.8. The van der Waals surface area contributed by atoms with Crippen LogP contribution in [0.5, 0.6) is 5.75 Å². The summed E-state index contributed by atoms with van der Waals surface area (Å²) < 4.78 is 40.8. The van der Waals surface area contributed by atoms with Crippen LogP contribution in [0.2, 0.25) is 0 Å². The Morgan fingerprint density at radius 3 is 2.29 bits per heavy atom. The average molecular weight is 356 g/mol. The molecule has 0 saturated heterocycles. The van der Waals surface area contributed by atoms with E-state index in [1.54, 1.807) is 24.3 Å². The molecule has 1 N–H and O–H groups in total. The maximum absolute atomic E-state index is 11.8. The van der Waals surface area contributed by atoms with E-state index in [0.29, 0.717) is 17.2 Å². The fourth-order valence-electron chi connectivity index (χ4n) is 2.99. The predicted octanol–water partition coefficient (Wildman–Crippen LogP) is 3.08. The molecule has 24 heavy (non-hydrogen) atoms. The maximum atomic E-state index is 11.8. The van der Waals surface area contributed by atoms with Crippen molar-refractivity contribution in [2.75, 3.05) is 12.4 Å². The Balaban J connectivity index is 1.96. The fourth-order valence-corrected chi connectivity index (χ4v) is 3.28. The first-order valence-electron chi connectivity index (χ1n) is 8.13. The molecule has 0 spiro atoms. The lowest BCUT2D eigenvalue weighted by molar-refractivity contribution is 0.0288. The topological polar surface area (TPSA) is 89.9 Å². The van der Waals surface area contributed by atoms with Crippen LogP contribution in [0.25, 0.3) is 0 Å². The summed E-state index contributed by atoms with van der Waals surface area (Å²) in [5.41, 5.74) is 0.167. The maximum Gasteiger partial charge on any atom is 0.338 e. The molecule has 6 nitrogen and oxygen atoms in total. The van der Waals surface area contributed by atoms with Crippen molar-refractivity contribution in [2.24, 2.45) is 5.92 Å². The first-order valence-corrected chi connectivity index (χ1v) is 9.74. The Kier molecular flexibility index (Phi) is 5.87. The Morgan fingerprint density at radius 2 is 1.79 bits per heavy atom. The summed E-state index contributed by atoms with van der Waals surface area (Å²) >= 11 is 0. The molecule has 1 aromatic rings. The molecule has 0 aromatic heterocycles. The monoisotopic (exact) mass is 356 g/mol. The van der Waals surface area contributed by atoms with Crippen molar-refractivity contribution in [1.82, 2.24) is 0 Å². The van der Waals surface area contributed by atoms with Crippen LogP contribution >= 0.6 is 0 Å². The number of carbonyl (C=O) groups is 1. The minimum Gasteiger partial charge on any atom is -0.487 e. The largest absolute Gasteiger partial charge is 0.487 e. The quantitative estimate of drug-likeness (QED) is 0.596. The molecule has 7 heteroatoms. The first-order chi connectivity index (χ1) is 11.2. The Morgan fingerprint density at radius 1 is 1.21 bits per heavy atom. The van der Waals surface area contributed by atoms with Crippen LogP contribution in [-0.4, -0.2) is 36.9 Å². The Bertz CT molecular complexity index is 657. The lowest BCUT2D eigenvalue weighted by Gasteiger charge is -2.34. The molecule has 2 rings (SSSR count). The Hall–Kier alpha value is -1.60. The van der Waals surface area contributed by atoms with E-state index < -0.39 is 21.8 Å². The molecule has 1 aliphatic rings. The van der Waals surface area contributed by atoms with Crippen LogP contribution in [-0.2, 0) is 14.9 Å². The van der Waals surface area contributed by atoms with Crippen LogP contribution < -0.4 is 4.74 Å². The van der Waals surface area contributed by atoms with E-state index in [4.69, 9.17) is 14.0 Å². The number of benzene rings is 1. The summed E-state index contributed by atoms with van der Waals surface area (Å²) in [5.74, 6) is -0.133. The van der Waals surface area contributed by atoms with E-state index in [0.717, 1.165) is 25.7 Å². The highest BCUT2D eigenvalue weighted by atomic mass is 32.2. The summed E-state index contributed by atoms with van der Waals surface area (Å²) in [7, 11) is -4.13. The summed E-state index contributed by atoms with van der Waals surface area (Å²) in [5, 5.41) is 0. The van der Waals surface area contributed by atoms with Crippen molar-refractivity contribution in [2.45, 2.75) is 45.1 Å². The number of esters is 1. The second-order valence-electron chi connectivity index (χ2n) is 6.47. The highest BCUT2D eigenvalue weighted by Gasteiger charge is 2.39. The van der Waals surface area contributed by atoms with Gasteiger partial charge in [-0.3, -0.25) is 4.55 Å². The number of ether oxygens (including phenoxy) is 2. The first kappa shape index (κ1) is 18.7. The molecular formula is C17H24O6S. The van der Waals surface area contributed by atoms with Crippen LogP contribution in [0.1, 0.15) is 49.9 Å². The van der Waals surface area contributed by atoms with Gasteiger partial charge in [0.05, 0.1) is 5.56 Å². The van der Waals surface area contributed by atoms with Gasteiger partial charge in [0, 0.05) is 0 Å². The molecule has 0 heterocycles. The number of hydrogen-bond donors (Lipinski definition) is 1. The molecule has 0 aliphatic heterocycles. The number of hydrogen-bond acceptors (Lipinski definition) is 5. The normalized spacial score (nSPS) is 17.0. The Labute approximate surface area is 142 Å². The van der Waals surface area contributed by atoms with Gasteiger partial charge in [0.25, 0.3) is 10.1 Å². The summed E-state index contributed by atoms with van der Waals surface area (Å²) in [6.45, 7) is 3.94. The van der Waals surface area contributed by atoms with Crippen molar-refractivity contribution in [1.29, 1.82) is 0 Å². The molecule has 0 unspecified atom stereocenters. The lowest BCUT2D eigenvalue weighted by atomic mass is 9.88. The third-order valence-corrected chi connectivity index (χ3v) is 5.17. The van der Waals surface area contributed by atoms with Gasteiger partial charge >= 0.3 is 5.97 Å². The summed E-state index contributed by atoms with van der Waals surface area (Å²) in [6, 6.07) is 6.63. The zero-order valence-corrected chi connectivity index (χ0v) is 14.8. The predicted molar refractivity (Wildman–Crippen MR) is 89.8 cm³/mol. The van der Waals surface area contributed by atoms with Gasteiger partial charge in [-0.25, -0.2) is 4.79 Å². The molecule has 1 aromatic carbocycles. The van der Waals surface area contributed by atoms with E-state index >= 15 is 0 Å². The third kappa shape index (κ3) is 4.95. The van der Waals surface area contributed by atoms with Gasteiger partial charge in [-0.15, -0.1) is 0 Å². The van der Waals surface area contributed by atoms with Gasteiger partial charge in [-0.2, -0.15) is 8.42 Å². The second kappa shape index (κ2) is 7.53. The van der Waals surface area contributed by atoms with Crippen LogP contribution in [0.15, 0.2) is 24.3 Å². The van der Waals surface area contributed by atoms with E-state index in [2.05, 4.69) is 13.8 Å². The van der Waals surface area contributed by atoms with Crippen LogP contribution in [0, 0.1) is 5.92 Å². The number of rotatable bonds is 7. The molecule has 0 bridgehead atoms. The minimum atomic E-state index is -4.13. The van der Waals surface area contributed by atoms with Crippen molar-refractivity contribution >= 4 is 16.1 Å². The second-order valence-corrected chi connectivity index (χ2v) is 8.05. The molecule has 1 aliphatic carbocycles. The van der Waals surface area contributed by atoms with E-state index in [-0.39, 0.29) is 12.2 Å². The summed E-state index contributed by atoms with van der Waals surface area (Å²) in [6.07, 6.45) is 4.39. The van der Waals surface area contributed by atoms with Crippen LogP contribution in [0.3, 0.4) is 0 Å². The van der Waals surface area contributed by atoms with E-state index in [9.17, 15) is 13.2 Å². The van der Waals surface area contributed by atoms with Crippen LogP contribution in [0.4, 0.5) is 0 Å².